The van der Waals surface area contributed by atoms with Crippen LogP contribution in [0.3, 0.4) is 0 Å². The third-order valence-corrected chi connectivity index (χ3v) is 3.31. The molecule has 4 nitrogen and oxygen atoms in total. The van der Waals surface area contributed by atoms with Crippen LogP contribution in [0.15, 0.2) is 30.3 Å². The summed E-state index contributed by atoms with van der Waals surface area (Å²) in [7, 11) is 3.94. The first-order valence-electron chi connectivity index (χ1n) is 7.07. The van der Waals surface area contributed by atoms with Crippen LogP contribution >= 0.6 is 0 Å². The standard InChI is InChI=1S/C16H23N3O/c1-5-10-20-15-9-7-6-8-13(15)16(17-3)14-11-12(2)18-19(14)4/h6-9,11,16-17H,5,10H2,1-4H3. The first-order chi connectivity index (χ1) is 9.67. The fourth-order valence-corrected chi connectivity index (χ4v) is 2.43. The highest BCUT2D eigenvalue weighted by atomic mass is 16.5. The molecule has 0 saturated heterocycles. The number of hydrogen-bond donors (Lipinski definition) is 1. The smallest absolute Gasteiger partial charge is 0.124 e. The molecule has 0 saturated carbocycles. The lowest BCUT2D eigenvalue weighted by molar-refractivity contribution is 0.311. The Bertz CT molecular complexity index is 563. The molecule has 1 aromatic carbocycles. The van der Waals surface area contributed by atoms with Gasteiger partial charge in [0.05, 0.1) is 24.0 Å². The molecular formula is C16H23N3O. The molecule has 2 aromatic rings. The van der Waals surface area contributed by atoms with Crippen molar-refractivity contribution in [1.82, 2.24) is 15.1 Å². The van der Waals surface area contributed by atoms with Crippen LogP contribution in [0.25, 0.3) is 0 Å². The summed E-state index contributed by atoms with van der Waals surface area (Å²) in [6, 6.07) is 10.4. The van der Waals surface area contributed by atoms with Crippen LogP contribution < -0.4 is 10.1 Å². The van der Waals surface area contributed by atoms with Gasteiger partial charge < -0.3 is 10.1 Å². The second-order valence-electron chi connectivity index (χ2n) is 4.94. The summed E-state index contributed by atoms with van der Waals surface area (Å²) in [5.74, 6) is 0.938. The van der Waals surface area contributed by atoms with Gasteiger partial charge in [0.2, 0.25) is 0 Å². The minimum atomic E-state index is 0.0780. The van der Waals surface area contributed by atoms with Crippen LogP contribution in [0, 0.1) is 6.92 Å². The Hall–Kier alpha value is -1.81. The highest BCUT2D eigenvalue weighted by Gasteiger charge is 2.19. The first-order valence-corrected chi connectivity index (χ1v) is 7.07. The van der Waals surface area contributed by atoms with E-state index in [1.165, 1.54) is 0 Å². The average Bonchev–Trinajstić information content (AvgIpc) is 2.77. The van der Waals surface area contributed by atoms with Crippen LogP contribution in [0.4, 0.5) is 0 Å². The van der Waals surface area contributed by atoms with Crippen molar-refractivity contribution < 1.29 is 4.74 Å². The van der Waals surface area contributed by atoms with Crippen molar-refractivity contribution in [3.05, 3.63) is 47.3 Å². The second-order valence-corrected chi connectivity index (χ2v) is 4.94. The quantitative estimate of drug-likeness (QED) is 0.879. The maximum atomic E-state index is 5.87. The van der Waals surface area contributed by atoms with Crippen LogP contribution in [0.1, 0.15) is 36.3 Å². The first kappa shape index (κ1) is 14.6. The van der Waals surface area contributed by atoms with E-state index in [1.54, 1.807) is 0 Å². The van der Waals surface area contributed by atoms with Crippen LogP contribution in [0.5, 0.6) is 5.75 Å². The zero-order valence-electron chi connectivity index (χ0n) is 12.7. The van der Waals surface area contributed by atoms with Crippen LogP contribution in [0.2, 0.25) is 0 Å². The average molecular weight is 273 g/mol. The molecule has 1 aromatic heterocycles. The van der Waals surface area contributed by atoms with E-state index >= 15 is 0 Å². The van der Waals surface area contributed by atoms with Crippen LogP contribution in [-0.2, 0) is 7.05 Å². The van der Waals surface area contributed by atoms with E-state index in [4.69, 9.17) is 4.74 Å². The van der Waals surface area contributed by atoms with Gasteiger partial charge in [-0.05, 0) is 32.5 Å². The summed E-state index contributed by atoms with van der Waals surface area (Å²) in [4.78, 5) is 0. The minimum Gasteiger partial charge on any atom is -0.493 e. The van der Waals surface area contributed by atoms with Gasteiger partial charge in [-0.15, -0.1) is 0 Å². The molecule has 0 spiro atoms. The molecule has 1 heterocycles. The fraction of sp³-hybridized carbons (Fsp3) is 0.438. The summed E-state index contributed by atoms with van der Waals surface area (Å²) in [5.41, 5.74) is 3.30. The number of nitrogens with one attached hydrogen (secondary N) is 1. The van der Waals surface area contributed by atoms with E-state index in [1.807, 2.05) is 43.9 Å². The molecule has 108 valence electrons. The van der Waals surface area contributed by atoms with Gasteiger partial charge in [0, 0.05) is 12.6 Å². The predicted molar refractivity (Wildman–Crippen MR) is 81.1 cm³/mol. The molecule has 0 aliphatic carbocycles. The molecule has 0 bridgehead atoms. The predicted octanol–water partition coefficient (Wildman–Crippen LogP) is 2.83. The minimum absolute atomic E-state index is 0.0780. The van der Waals surface area contributed by atoms with Gasteiger partial charge >= 0.3 is 0 Å². The Kier molecular flexibility index (Phi) is 4.79. The Balaban J connectivity index is 2.39. The Morgan fingerprint density at radius 3 is 2.70 bits per heavy atom. The molecular weight excluding hydrogens is 250 g/mol. The van der Waals surface area contributed by atoms with Gasteiger partial charge in [-0.3, -0.25) is 4.68 Å². The zero-order chi connectivity index (χ0) is 14.5. The third-order valence-electron chi connectivity index (χ3n) is 3.31. The van der Waals surface area contributed by atoms with Crippen molar-refractivity contribution >= 4 is 0 Å². The monoisotopic (exact) mass is 273 g/mol. The SMILES string of the molecule is CCCOc1ccccc1C(NC)c1cc(C)nn1C. The van der Waals surface area contributed by atoms with Crippen LogP contribution in [-0.4, -0.2) is 23.4 Å². The second kappa shape index (κ2) is 6.57. The molecule has 0 fully saturated rings. The number of benzene rings is 1. The highest BCUT2D eigenvalue weighted by Crippen LogP contribution is 2.30. The normalized spacial score (nSPS) is 12.4. The van der Waals surface area contributed by atoms with Gasteiger partial charge in [0.15, 0.2) is 0 Å². The Morgan fingerprint density at radius 1 is 1.35 bits per heavy atom. The Labute approximate surface area is 120 Å². The van der Waals surface area contributed by atoms with E-state index in [0.29, 0.717) is 0 Å². The molecule has 1 atom stereocenters. The molecule has 1 unspecified atom stereocenters. The van der Waals surface area contributed by atoms with E-state index in [0.717, 1.165) is 35.7 Å². The van der Waals surface area contributed by atoms with Crippen molar-refractivity contribution in [1.29, 1.82) is 0 Å². The van der Waals surface area contributed by atoms with Crippen molar-refractivity contribution in [3.63, 3.8) is 0 Å². The summed E-state index contributed by atoms with van der Waals surface area (Å²) < 4.78 is 7.79. The van der Waals surface area contributed by atoms with E-state index < -0.39 is 0 Å². The molecule has 0 radical (unpaired) electrons. The zero-order valence-corrected chi connectivity index (χ0v) is 12.7. The van der Waals surface area contributed by atoms with E-state index in [2.05, 4.69) is 29.5 Å². The van der Waals surface area contributed by atoms with Gasteiger partial charge in [0.1, 0.15) is 5.75 Å². The number of nitrogens with zero attached hydrogens (tertiary/aromatic N) is 2. The summed E-state index contributed by atoms with van der Waals surface area (Å²) in [5, 5.41) is 7.80. The van der Waals surface area contributed by atoms with Crippen molar-refractivity contribution in [2.45, 2.75) is 26.3 Å². The lowest BCUT2D eigenvalue weighted by Crippen LogP contribution is -2.21. The molecule has 1 N–H and O–H groups in total. The maximum Gasteiger partial charge on any atom is 0.124 e. The number of aryl methyl sites for hydroxylation is 2. The van der Waals surface area contributed by atoms with Gasteiger partial charge in [-0.25, -0.2) is 0 Å². The fourth-order valence-electron chi connectivity index (χ4n) is 2.43. The van der Waals surface area contributed by atoms with Crippen molar-refractivity contribution in [3.8, 4) is 5.75 Å². The molecule has 0 amide bonds. The summed E-state index contributed by atoms with van der Waals surface area (Å²) >= 11 is 0. The van der Waals surface area contributed by atoms with Crippen molar-refractivity contribution in [2.75, 3.05) is 13.7 Å². The van der Waals surface area contributed by atoms with Crippen molar-refractivity contribution in [2.24, 2.45) is 7.05 Å². The maximum absolute atomic E-state index is 5.87. The lowest BCUT2D eigenvalue weighted by atomic mass is 10.0. The molecule has 0 aliphatic heterocycles. The van der Waals surface area contributed by atoms with E-state index in [9.17, 15) is 0 Å². The van der Waals surface area contributed by atoms with E-state index in [-0.39, 0.29) is 6.04 Å². The number of hydrogen-bond acceptors (Lipinski definition) is 3. The summed E-state index contributed by atoms with van der Waals surface area (Å²) in [6.45, 7) is 4.86. The molecule has 4 heteroatoms. The van der Waals surface area contributed by atoms with Gasteiger partial charge in [-0.1, -0.05) is 25.1 Å². The number of ether oxygens (including phenoxy) is 1. The molecule has 20 heavy (non-hydrogen) atoms. The third kappa shape index (κ3) is 3.02. The Morgan fingerprint density at radius 2 is 2.10 bits per heavy atom. The van der Waals surface area contributed by atoms with Gasteiger partial charge in [-0.2, -0.15) is 5.10 Å². The largest absolute Gasteiger partial charge is 0.493 e. The highest BCUT2D eigenvalue weighted by molar-refractivity contribution is 5.40. The molecule has 2 rings (SSSR count). The van der Waals surface area contributed by atoms with Gasteiger partial charge in [0.25, 0.3) is 0 Å². The summed E-state index contributed by atoms with van der Waals surface area (Å²) in [6.07, 6.45) is 1.00. The molecule has 0 aliphatic rings. The topological polar surface area (TPSA) is 39.1 Å². The lowest BCUT2D eigenvalue weighted by Gasteiger charge is -2.20. The number of para-hydroxylation sites is 1. The number of aromatic nitrogens is 2. The number of rotatable bonds is 6.